The molecule has 0 aliphatic carbocycles. The second kappa shape index (κ2) is 9.57. The Hall–Kier alpha value is -3.41. The summed E-state index contributed by atoms with van der Waals surface area (Å²) in [7, 11) is -3.76. The first-order valence-corrected chi connectivity index (χ1v) is 13.7. The van der Waals surface area contributed by atoms with Crippen molar-refractivity contribution in [2.24, 2.45) is 4.99 Å². The molecule has 0 spiro atoms. The molecule has 0 unspecified atom stereocenters. The number of hydrogen-bond acceptors (Lipinski definition) is 9. The van der Waals surface area contributed by atoms with Crippen LogP contribution >= 0.6 is 22.9 Å². The molecule has 12 heteroatoms. The lowest BCUT2D eigenvalue weighted by atomic mass is 10.1. The lowest BCUT2D eigenvalue weighted by Gasteiger charge is -2.11. The minimum atomic E-state index is -3.76. The molecule has 0 atom stereocenters. The predicted molar refractivity (Wildman–Crippen MR) is 137 cm³/mol. The van der Waals surface area contributed by atoms with Gasteiger partial charge in [0.25, 0.3) is 5.56 Å². The number of sulfone groups is 1. The normalized spacial score (nSPS) is 13.6. The number of aromatic nitrogens is 3. The molecule has 9 nitrogen and oxygen atoms in total. The third kappa shape index (κ3) is 4.81. The fourth-order valence-corrected chi connectivity index (χ4v) is 6.70. The average Bonchev–Trinajstić information content (AvgIpc) is 3.52. The van der Waals surface area contributed by atoms with E-state index >= 15 is 0 Å². The number of halogens is 1. The van der Waals surface area contributed by atoms with Crippen molar-refractivity contribution in [3.05, 3.63) is 80.3 Å². The SMILES string of the molecule is Cc1nc2cc(C3=NCCO3)ccc2c(=O)n1-c1ccc(CC(=O)CS(=O)(=O)c2ccc(Cl)s2)cn1. The third-order valence-electron chi connectivity index (χ3n) is 5.52. The van der Waals surface area contributed by atoms with E-state index in [9.17, 15) is 18.0 Å². The van der Waals surface area contributed by atoms with Crippen molar-refractivity contribution >= 4 is 55.4 Å². The van der Waals surface area contributed by atoms with Crippen LogP contribution < -0.4 is 5.56 Å². The van der Waals surface area contributed by atoms with Gasteiger partial charge in [-0.05, 0) is 48.9 Å². The second-order valence-corrected chi connectivity index (χ2v) is 12.1. The van der Waals surface area contributed by atoms with E-state index in [0.29, 0.717) is 51.5 Å². The van der Waals surface area contributed by atoms with E-state index < -0.39 is 21.4 Å². The third-order valence-corrected chi connectivity index (χ3v) is 9.00. The summed E-state index contributed by atoms with van der Waals surface area (Å²) >= 11 is 6.72. The van der Waals surface area contributed by atoms with Crippen molar-refractivity contribution in [1.29, 1.82) is 0 Å². The molecule has 4 heterocycles. The molecule has 3 aromatic heterocycles. The van der Waals surface area contributed by atoms with E-state index in [0.717, 1.165) is 16.9 Å². The maximum absolute atomic E-state index is 13.2. The fraction of sp³-hybridized carbons (Fsp3) is 0.208. The highest BCUT2D eigenvalue weighted by Gasteiger charge is 2.22. The molecule has 1 aliphatic heterocycles. The molecule has 0 amide bonds. The zero-order valence-electron chi connectivity index (χ0n) is 19.0. The lowest BCUT2D eigenvalue weighted by Crippen LogP contribution is -2.23. The summed E-state index contributed by atoms with van der Waals surface area (Å²) in [6.07, 6.45) is 1.35. The van der Waals surface area contributed by atoms with Gasteiger partial charge in [-0.1, -0.05) is 17.7 Å². The number of nitrogens with zero attached hydrogens (tertiary/aromatic N) is 4. The van der Waals surface area contributed by atoms with Crippen LogP contribution in [-0.4, -0.2) is 53.5 Å². The van der Waals surface area contributed by atoms with E-state index in [1.54, 1.807) is 37.3 Å². The number of ether oxygens (including phenoxy) is 1. The Morgan fingerprint density at radius 2 is 2.03 bits per heavy atom. The summed E-state index contributed by atoms with van der Waals surface area (Å²) in [6, 6.07) is 11.4. The Bertz CT molecular complexity index is 1690. The molecule has 0 saturated carbocycles. The van der Waals surface area contributed by atoms with Crippen LogP contribution in [0.3, 0.4) is 0 Å². The predicted octanol–water partition coefficient (Wildman–Crippen LogP) is 3.17. The zero-order valence-corrected chi connectivity index (χ0v) is 21.4. The van der Waals surface area contributed by atoms with Crippen LogP contribution in [0.5, 0.6) is 0 Å². The number of carbonyl (C=O) groups excluding carboxylic acids is 1. The summed E-state index contributed by atoms with van der Waals surface area (Å²) in [4.78, 5) is 38.9. The molecule has 1 aliphatic rings. The topological polar surface area (TPSA) is 121 Å². The molecular weight excluding hydrogens is 524 g/mol. The molecule has 0 N–H and O–H groups in total. The van der Waals surface area contributed by atoms with Crippen LogP contribution in [0.4, 0.5) is 0 Å². The number of ketones is 1. The van der Waals surface area contributed by atoms with Gasteiger partial charge in [0.2, 0.25) is 5.90 Å². The molecule has 4 aromatic rings. The Morgan fingerprint density at radius 1 is 1.19 bits per heavy atom. The molecule has 0 bridgehead atoms. The van der Waals surface area contributed by atoms with Crippen LogP contribution in [0.25, 0.3) is 16.7 Å². The number of pyridine rings is 1. The van der Waals surface area contributed by atoms with Crippen LogP contribution in [0.1, 0.15) is 17.0 Å². The summed E-state index contributed by atoms with van der Waals surface area (Å²) in [5.41, 5.74) is 1.54. The molecule has 0 saturated heterocycles. The lowest BCUT2D eigenvalue weighted by molar-refractivity contribution is -0.116. The summed E-state index contributed by atoms with van der Waals surface area (Å²) < 4.78 is 32.1. The standard InChI is InChI=1S/C24H19ClN4O5S2/c1-14-28-19-11-16(23-26-8-9-34-23)3-4-18(19)24(31)29(14)21-6-2-15(12-27-21)10-17(30)13-36(32,33)22-7-5-20(25)35-22/h2-7,11-12H,8-10,13H2,1H3. The number of aliphatic imine (C=N–C) groups is 1. The van der Waals surface area contributed by atoms with Gasteiger partial charge < -0.3 is 4.74 Å². The molecular formula is C24H19ClN4O5S2. The van der Waals surface area contributed by atoms with Crippen molar-refractivity contribution in [2.45, 2.75) is 17.6 Å². The van der Waals surface area contributed by atoms with Gasteiger partial charge in [-0.15, -0.1) is 11.3 Å². The molecule has 184 valence electrons. The first-order chi connectivity index (χ1) is 17.2. The number of fused-ring (bicyclic) bond motifs is 1. The monoisotopic (exact) mass is 542 g/mol. The smallest absolute Gasteiger partial charge is 0.267 e. The van der Waals surface area contributed by atoms with E-state index in [-0.39, 0.29) is 16.2 Å². The minimum absolute atomic E-state index is 0.0591. The maximum Gasteiger partial charge on any atom is 0.267 e. The molecule has 36 heavy (non-hydrogen) atoms. The average molecular weight is 543 g/mol. The van der Waals surface area contributed by atoms with Crippen LogP contribution in [0.15, 0.2) is 62.7 Å². The first-order valence-electron chi connectivity index (χ1n) is 10.9. The van der Waals surface area contributed by atoms with Crippen molar-refractivity contribution in [2.75, 3.05) is 18.9 Å². The molecule has 5 rings (SSSR count). The van der Waals surface area contributed by atoms with Gasteiger partial charge in [0, 0.05) is 18.2 Å². The zero-order chi connectivity index (χ0) is 25.4. The Labute approximate surface area is 215 Å². The number of rotatable bonds is 7. The van der Waals surface area contributed by atoms with Gasteiger partial charge in [-0.25, -0.2) is 27.9 Å². The number of Topliss-reactive ketones (excluding diaryl/α,β-unsaturated/α-hetero) is 1. The van der Waals surface area contributed by atoms with Gasteiger partial charge in [-0.3, -0.25) is 9.59 Å². The van der Waals surface area contributed by atoms with E-state index in [4.69, 9.17) is 16.3 Å². The van der Waals surface area contributed by atoms with E-state index in [1.807, 2.05) is 0 Å². The highest BCUT2D eigenvalue weighted by atomic mass is 35.5. The van der Waals surface area contributed by atoms with Crippen LogP contribution in [-0.2, 0) is 25.8 Å². The highest BCUT2D eigenvalue weighted by Crippen LogP contribution is 2.26. The van der Waals surface area contributed by atoms with Crippen molar-refractivity contribution in [3.63, 3.8) is 0 Å². The van der Waals surface area contributed by atoms with Crippen molar-refractivity contribution < 1.29 is 17.9 Å². The van der Waals surface area contributed by atoms with Gasteiger partial charge in [0.1, 0.15) is 28.2 Å². The summed E-state index contributed by atoms with van der Waals surface area (Å²) in [6.45, 7) is 2.85. The number of carbonyl (C=O) groups is 1. The van der Waals surface area contributed by atoms with E-state index in [2.05, 4.69) is 15.0 Å². The van der Waals surface area contributed by atoms with Crippen molar-refractivity contribution in [1.82, 2.24) is 14.5 Å². The highest BCUT2D eigenvalue weighted by molar-refractivity contribution is 7.94. The molecule has 1 aromatic carbocycles. The fourth-order valence-electron chi connectivity index (χ4n) is 3.89. The van der Waals surface area contributed by atoms with Crippen molar-refractivity contribution in [3.8, 4) is 5.82 Å². The second-order valence-electron chi connectivity index (χ2n) is 8.12. The minimum Gasteiger partial charge on any atom is -0.476 e. The molecule has 0 radical (unpaired) electrons. The number of aryl methyl sites for hydroxylation is 1. The number of hydrogen-bond donors (Lipinski definition) is 0. The maximum atomic E-state index is 13.2. The number of benzene rings is 1. The van der Waals surface area contributed by atoms with Gasteiger partial charge in [-0.2, -0.15) is 0 Å². The van der Waals surface area contributed by atoms with E-state index in [1.165, 1.54) is 22.9 Å². The van der Waals surface area contributed by atoms with Gasteiger partial charge in [0.15, 0.2) is 15.6 Å². The van der Waals surface area contributed by atoms with Crippen LogP contribution in [0.2, 0.25) is 4.34 Å². The summed E-state index contributed by atoms with van der Waals surface area (Å²) in [5, 5.41) is 0.419. The van der Waals surface area contributed by atoms with Gasteiger partial charge in [0.05, 0.1) is 21.8 Å². The number of thiophene rings is 1. The molecule has 0 fully saturated rings. The summed E-state index contributed by atoms with van der Waals surface area (Å²) in [5.74, 6) is 0.228. The largest absolute Gasteiger partial charge is 0.476 e. The Morgan fingerprint density at radius 3 is 2.69 bits per heavy atom. The quantitative estimate of drug-likeness (QED) is 0.351. The van der Waals surface area contributed by atoms with Crippen LogP contribution in [0, 0.1) is 6.92 Å². The Kier molecular flexibility index (Phi) is 6.45. The Balaban J connectivity index is 1.36. The van der Waals surface area contributed by atoms with Gasteiger partial charge >= 0.3 is 0 Å². The first kappa shape index (κ1) is 24.3.